The number of nitrogens with one attached hydrogen (secondary N) is 1. The number of ether oxygens (including phenoxy) is 3. The number of fused-ring (bicyclic) bond motifs is 1. The first kappa shape index (κ1) is 23.4. The molecule has 2 heterocycles. The van der Waals surface area contributed by atoms with Crippen molar-refractivity contribution in [1.82, 2.24) is 9.55 Å². The van der Waals surface area contributed by atoms with Crippen LogP contribution in [0.1, 0.15) is 28.3 Å². The van der Waals surface area contributed by atoms with Gasteiger partial charge in [-0.3, -0.25) is 4.79 Å². The van der Waals surface area contributed by atoms with Gasteiger partial charge in [0.1, 0.15) is 28.2 Å². The monoisotopic (exact) mass is 502 g/mol. The van der Waals surface area contributed by atoms with E-state index in [1.54, 1.807) is 38.5 Å². The van der Waals surface area contributed by atoms with Gasteiger partial charge in [-0.15, -0.1) is 11.3 Å². The van der Waals surface area contributed by atoms with Gasteiger partial charge in [-0.05, 0) is 36.8 Å². The van der Waals surface area contributed by atoms with Gasteiger partial charge in [0.2, 0.25) is 0 Å². The maximum absolute atomic E-state index is 13.1. The molecule has 4 aromatic rings. The summed E-state index contributed by atoms with van der Waals surface area (Å²) in [6.07, 6.45) is -0.453. The number of carbonyl (C=O) groups is 1. The summed E-state index contributed by atoms with van der Waals surface area (Å²) in [6, 6.07) is 9.89. The normalized spacial score (nSPS) is 11.9. The second kappa shape index (κ2) is 9.24. The van der Waals surface area contributed by atoms with Crippen LogP contribution in [0, 0.1) is 0 Å². The Morgan fingerprint density at radius 1 is 1.09 bits per heavy atom. The second-order valence-corrected chi connectivity index (χ2v) is 8.54. The minimum Gasteiger partial charge on any atom is -0.497 e. The van der Waals surface area contributed by atoms with E-state index in [1.807, 2.05) is 6.92 Å². The van der Waals surface area contributed by atoms with Gasteiger partial charge in [0, 0.05) is 17.5 Å². The zero-order valence-corrected chi connectivity index (χ0v) is 19.8. The van der Waals surface area contributed by atoms with Crippen molar-refractivity contribution >= 4 is 39.8 Å². The molecule has 2 aromatic carbocycles. The van der Waals surface area contributed by atoms with Crippen LogP contribution in [0.4, 0.5) is 0 Å². The lowest BCUT2D eigenvalue weighted by Gasteiger charge is -2.18. The molecular formula is C23H19ClN2O7S. The van der Waals surface area contributed by atoms with E-state index in [-0.39, 0.29) is 26.5 Å². The molecule has 176 valence electrons. The molecule has 1 unspecified atom stereocenters. The molecule has 2 aromatic heterocycles. The number of methoxy groups -OCH3 is 2. The quantitative estimate of drug-likeness (QED) is 0.387. The summed E-state index contributed by atoms with van der Waals surface area (Å²) in [5.41, 5.74) is -0.560. The van der Waals surface area contributed by atoms with Gasteiger partial charge in [0.05, 0.1) is 35.8 Å². The summed E-state index contributed by atoms with van der Waals surface area (Å²) in [7, 11) is 3.09. The standard InChI is InChI=1S/C23H19ClN2O7S/c1-11(12-6-14(31-2)8-15(7-12)32-3)33-13-4-5-16(24)18(9-13)26-21(27)19-17(25-23(26)30)10-34-20(19)22(28)29/h4-11H,1-3H3,(H,25,30)(H,28,29). The van der Waals surface area contributed by atoms with Gasteiger partial charge in [0.25, 0.3) is 5.56 Å². The summed E-state index contributed by atoms with van der Waals surface area (Å²) in [5, 5.41) is 10.8. The molecule has 34 heavy (non-hydrogen) atoms. The highest BCUT2D eigenvalue weighted by atomic mass is 35.5. The summed E-state index contributed by atoms with van der Waals surface area (Å²) in [5.74, 6) is 0.265. The molecule has 9 nitrogen and oxygen atoms in total. The Morgan fingerprint density at radius 3 is 2.38 bits per heavy atom. The number of rotatable bonds is 7. The number of halogens is 1. The van der Waals surface area contributed by atoms with Crippen LogP contribution in [0.25, 0.3) is 16.6 Å². The number of carboxylic acid groups (broad SMARTS) is 1. The number of aromatic carboxylic acids is 1. The molecule has 0 spiro atoms. The minimum atomic E-state index is -1.26. The lowest BCUT2D eigenvalue weighted by atomic mass is 10.1. The van der Waals surface area contributed by atoms with E-state index in [2.05, 4.69) is 4.98 Å². The Hall–Kier alpha value is -3.76. The van der Waals surface area contributed by atoms with Crippen molar-refractivity contribution < 1.29 is 24.1 Å². The second-order valence-electron chi connectivity index (χ2n) is 7.25. The zero-order valence-electron chi connectivity index (χ0n) is 18.2. The third kappa shape index (κ3) is 4.25. The molecule has 0 aliphatic heterocycles. The topological polar surface area (TPSA) is 120 Å². The number of benzene rings is 2. The fourth-order valence-electron chi connectivity index (χ4n) is 3.49. The molecule has 0 bridgehead atoms. The number of nitrogens with zero attached hydrogens (tertiary/aromatic N) is 1. The molecule has 0 amide bonds. The van der Waals surface area contributed by atoms with Crippen molar-refractivity contribution in [2.45, 2.75) is 13.0 Å². The highest BCUT2D eigenvalue weighted by Crippen LogP contribution is 2.31. The van der Waals surface area contributed by atoms with Crippen molar-refractivity contribution in [2.75, 3.05) is 14.2 Å². The SMILES string of the molecule is COc1cc(OC)cc(C(C)Oc2ccc(Cl)c(-n3c(=O)[nH]c4csc(C(=O)O)c4c3=O)c2)c1. The van der Waals surface area contributed by atoms with E-state index in [0.717, 1.165) is 21.5 Å². The number of carboxylic acids is 1. The fraction of sp³-hybridized carbons (Fsp3) is 0.174. The Morgan fingerprint density at radius 2 is 1.76 bits per heavy atom. The number of aromatic nitrogens is 2. The molecular weight excluding hydrogens is 484 g/mol. The highest BCUT2D eigenvalue weighted by Gasteiger charge is 2.21. The van der Waals surface area contributed by atoms with Crippen LogP contribution in [0.5, 0.6) is 17.2 Å². The van der Waals surface area contributed by atoms with Crippen molar-refractivity contribution in [3.05, 3.63) is 78.1 Å². The van der Waals surface area contributed by atoms with Crippen molar-refractivity contribution in [3.8, 4) is 22.9 Å². The van der Waals surface area contributed by atoms with Crippen LogP contribution in [0.15, 0.2) is 51.4 Å². The van der Waals surface area contributed by atoms with Gasteiger partial charge < -0.3 is 24.3 Å². The molecule has 0 radical (unpaired) electrons. The molecule has 0 saturated heterocycles. The van der Waals surface area contributed by atoms with Crippen molar-refractivity contribution in [2.24, 2.45) is 0 Å². The largest absolute Gasteiger partial charge is 0.497 e. The average molecular weight is 503 g/mol. The lowest BCUT2D eigenvalue weighted by Crippen LogP contribution is -2.34. The molecule has 0 saturated carbocycles. The third-order valence-electron chi connectivity index (χ3n) is 5.16. The summed E-state index contributed by atoms with van der Waals surface area (Å²) in [4.78, 5) is 39.8. The first-order chi connectivity index (χ1) is 16.2. The van der Waals surface area contributed by atoms with Gasteiger partial charge in [-0.2, -0.15) is 0 Å². The maximum atomic E-state index is 13.1. The Labute approximate surface area is 201 Å². The Kier molecular flexibility index (Phi) is 6.36. The molecule has 4 rings (SSSR count). The number of aromatic amines is 1. The zero-order chi connectivity index (χ0) is 24.6. The molecule has 2 N–H and O–H groups in total. The van der Waals surface area contributed by atoms with E-state index in [0.29, 0.717) is 17.2 Å². The predicted molar refractivity (Wildman–Crippen MR) is 129 cm³/mol. The van der Waals surface area contributed by atoms with E-state index in [4.69, 9.17) is 25.8 Å². The maximum Gasteiger partial charge on any atom is 0.346 e. The molecule has 0 aliphatic carbocycles. The van der Waals surface area contributed by atoms with Crippen molar-refractivity contribution in [1.29, 1.82) is 0 Å². The van der Waals surface area contributed by atoms with Crippen LogP contribution < -0.4 is 25.5 Å². The number of H-pyrrole nitrogens is 1. The van der Waals surface area contributed by atoms with Crippen molar-refractivity contribution in [3.63, 3.8) is 0 Å². The van der Waals surface area contributed by atoms with Crippen LogP contribution in [-0.2, 0) is 0 Å². The van der Waals surface area contributed by atoms with Gasteiger partial charge in [-0.1, -0.05) is 11.6 Å². The van der Waals surface area contributed by atoms with Crippen LogP contribution in [0.3, 0.4) is 0 Å². The smallest absolute Gasteiger partial charge is 0.346 e. The van der Waals surface area contributed by atoms with E-state index in [9.17, 15) is 19.5 Å². The Bertz CT molecular complexity index is 1500. The fourth-order valence-corrected chi connectivity index (χ4v) is 4.52. The number of thiophene rings is 1. The molecule has 11 heteroatoms. The van der Waals surface area contributed by atoms with Crippen LogP contribution in [-0.4, -0.2) is 34.8 Å². The minimum absolute atomic E-state index is 0.0604. The first-order valence-corrected chi connectivity index (χ1v) is 11.2. The third-order valence-corrected chi connectivity index (χ3v) is 6.45. The van der Waals surface area contributed by atoms with Gasteiger partial charge in [-0.25, -0.2) is 14.2 Å². The predicted octanol–water partition coefficient (Wildman–Crippen LogP) is 4.25. The van der Waals surface area contributed by atoms with E-state index in [1.165, 1.54) is 17.5 Å². The summed E-state index contributed by atoms with van der Waals surface area (Å²) in [6.45, 7) is 1.82. The molecule has 1 atom stereocenters. The lowest BCUT2D eigenvalue weighted by molar-refractivity contribution is 0.0704. The summed E-state index contributed by atoms with van der Waals surface area (Å²) >= 11 is 7.18. The molecule has 0 aliphatic rings. The highest BCUT2D eigenvalue weighted by molar-refractivity contribution is 7.13. The van der Waals surface area contributed by atoms with Gasteiger partial charge >= 0.3 is 11.7 Å². The Balaban J connectivity index is 1.78. The first-order valence-electron chi connectivity index (χ1n) is 9.92. The van der Waals surface area contributed by atoms with Crippen LogP contribution in [0.2, 0.25) is 5.02 Å². The van der Waals surface area contributed by atoms with Crippen LogP contribution >= 0.6 is 22.9 Å². The molecule has 0 fully saturated rings. The van der Waals surface area contributed by atoms with E-state index < -0.39 is 23.3 Å². The summed E-state index contributed by atoms with van der Waals surface area (Å²) < 4.78 is 17.4. The van der Waals surface area contributed by atoms with E-state index >= 15 is 0 Å². The average Bonchev–Trinajstić information content (AvgIpc) is 3.25. The van der Waals surface area contributed by atoms with Gasteiger partial charge in [0.15, 0.2) is 0 Å². The number of hydrogen-bond donors (Lipinski definition) is 2. The number of hydrogen-bond acceptors (Lipinski definition) is 7.